The van der Waals surface area contributed by atoms with Crippen LogP contribution in [0.5, 0.6) is 0 Å². The second kappa shape index (κ2) is 7.56. The van der Waals surface area contributed by atoms with Crippen molar-refractivity contribution in [2.24, 2.45) is 5.73 Å². The number of hydrogen-bond donors (Lipinski definition) is 2. The molecule has 1 heterocycles. The minimum absolute atomic E-state index is 0.0153. The summed E-state index contributed by atoms with van der Waals surface area (Å²) in [6.07, 6.45) is -4.50. The third kappa shape index (κ3) is 5.13. The van der Waals surface area contributed by atoms with Crippen LogP contribution in [0.15, 0.2) is 12.1 Å². The summed E-state index contributed by atoms with van der Waals surface area (Å²) in [5.74, 6) is 0.0736. The number of thiocarbonyl (C=S) groups is 1. The molecule has 0 amide bonds. The summed E-state index contributed by atoms with van der Waals surface area (Å²) in [4.78, 5) is 5.75. The molecule has 0 aliphatic carbocycles. The van der Waals surface area contributed by atoms with Gasteiger partial charge in [0, 0.05) is 13.1 Å². The monoisotopic (exact) mass is 320 g/mol. The first kappa shape index (κ1) is 17.6. The summed E-state index contributed by atoms with van der Waals surface area (Å²) in [5.41, 5.74) is 4.87. The van der Waals surface area contributed by atoms with Crippen molar-refractivity contribution in [3.63, 3.8) is 0 Å². The van der Waals surface area contributed by atoms with Crippen molar-refractivity contribution in [1.29, 1.82) is 0 Å². The standard InChI is InChI=1S/C13H19F3N4S/c1-3-20(4-2)8-7-18-12-9(11(17)21)5-6-10(19-12)13(14,15)16/h5-6H,3-4,7-8H2,1-2H3,(H2,17,21)(H,18,19). The number of alkyl halides is 3. The van der Waals surface area contributed by atoms with Gasteiger partial charge in [-0.25, -0.2) is 4.98 Å². The first-order valence-electron chi connectivity index (χ1n) is 6.63. The van der Waals surface area contributed by atoms with E-state index >= 15 is 0 Å². The van der Waals surface area contributed by atoms with E-state index in [9.17, 15) is 13.2 Å². The summed E-state index contributed by atoms with van der Waals surface area (Å²) in [6.45, 7) is 6.94. The number of halogens is 3. The quantitative estimate of drug-likeness (QED) is 0.756. The van der Waals surface area contributed by atoms with Crippen molar-refractivity contribution in [2.75, 3.05) is 31.5 Å². The van der Waals surface area contributed by atoms with Crippen LogP contribution in [0.2, 0.25) is 0 Å². The molecule has 3 N–H and O–H groups in total. The highest BCUT2D eigenvalue weighted by Gasteiger charge is 2.33. The van der Waals surface area contributed by atoms with Gasteiger partial charge in [0.1, 0.15) is 16.5 Å². The minimum Gasteiger partial charge on any atom is -0.389 e. The number of nitrogens with zero attached hydrogens (tertiary/aromatic N) is 2. The Morgan fingerprint density at radius 3 is 2.43 bits per heavy atom. The van der Waals surface area contributed by atoms with Gasteiger partial charge >= 0.3 is 6.18 Å². The molecule has 0 saturated carbocycles. The van der Waals surface area contributed by atoms with Gasteiger partial charge in [-0.2, -0.15) is 13.2 Å². The zero-order valence-electron chi connectivity index (χ0n) is 12.0. The Bertz CT molecular complexity index is 487. The maximum absolute atomic E-state index is 12.7. The summed E-state index contributed by atoms with van der Waals surface area (Å²) in [6, 6.07) is 2.13. The number of rotatable bonds is 7. The van der Waals surface area contributed by atoms with Gasteiger partial charge in [0.05, 0.1) is 5.56 Å². The van der Waals surface area contributed by atoms with Gasteiger partial charge in [-0.15, -0.1) is 0 Å². The SMILES string of the molecule is CCN(CC)CCNc1nc(C(F)(F)F)ccc1C(N)=S. The number of aromatic nitrogens is 1. The molecule has 4 nitrogen and oxygen atoms in total. The van der Waals surface area contributed by atoms with Gasteiger partial charge < -0.3 is 16.0 Å². The predicted octanol–water partition coefficient (Wildman–Crippen LogP) is 2.49. The molecular weight excluding hydrogens is 301 g/mol. The minimum atomic E-state index is -4.50. The van der Waals surface area contributed by atoms with E-state index in [-0.39, 0.29) is 10.8 Å². The maximum atomic E-state index is 12.7. The first-order valence-corrected chi connectivity index (χ1v) is 7.04. The van der Waals surface area contributed by atoms with E-state index in [4.69, 9.17) is 18.0 Å². The molecule has 8 heteroatoms. The van der Waals surface area contributed by atoms with Crippen LogP contribution in [0, 0.1) is 0 Å². The molecule has 0 saturated heterocycles. The smallest absolute Gasteiger partial charge is 0.389 e. The van der Waals surface area contributed by atoms with E-state index in [1.807, 2.05) is 13.8 Å². The average molecular weight is 320 g/mol. The summed E-state index contributed by atoms with van der Waals surface area (Å²) < 4.78 is 38.1. The van der Waals surface area contributed by atoms with Crippen LogP contribution < -0.4 is 11.1 Å². The molecule has 0 unspecified atom stereocenters. The van der Waals surface area contributed by atoms with Gasteiger partial charge in [0.2, 0.25) is 0 Å². The molecule has 0 radical (unpaired) electrons. The second-order valence-electron chi connectivity index (χ2n) is 4.41. The van der Waals surface area contributed by atoms with Crippen molar-refractivity contribution in [3.05, 3.63) is 23.4 Å². The molecular formula is C13H19F3N4S. The van der Waals surface area contributed by atoms with Gasteiger partial charge in [-0.05, 0) is 25.2 Å². The zero-order chi connectivity index (χ0) is 16.0. The van der Waals surface area contributed by atoms with Crippen molar-refractivity contribution < 1.29 is 13.2 Å². The van der Waals surface area contributed by atoms with Crippen LogP contribution in [0.4, 0.5) is 19.0 Å². The molecule has 21 heavy (non-hydrogen) atoms. The van der Waals surface area contributed by atoms with E-state index in [1.54, 1.807) is 0 Å². The van der Waals surface area contributed by atoms with Crippen molar-refractivity contribution >= 4 is 23.0 Å². The summed E-state index contributed by atoms with van der Waals surface area (Å²) in [7, 11) is 0. The highest BCUT2D eigenvalue weighted by Crippen LogP contribution is 2.29. The van der Waals surface area contributed by atoms with E-state index < -0.39 is 11.9 Å². The van der Waals surface area contributed by atoms with Gasteiger partial charge in [-0.1, -0.05) is 26.1 Å². The second-order valence-corrected chi connectivity index (χ2v) is 4.85. The highest BCUT2D eigenvalue weighted by atomic mass is 32.1. The van der Waals surface area contributed by atoms with Crippen LogP contribution in [-0.2, 0) is 6.18 Å². The normalized spacial score (nSPS) is 11.7. The Hall–Kier alpha value is -1.41. The number of nitrogens with two attached hydrogens (primary N) is 1. The lowest BCUT2D eigenvalue weighted by Crippen LogP contribution is -2.29. The third-order valence-electron chi connectivity index (χ3n) is 3.07. The Morgan fingerprint density at radius 2 is 1.95 bits per heavy atom. The number of nitrogens with one attached hydrogen (secondary N) is 1. The molecule has 1 rings (SSSR count). The van der Waals surface area contributed by atoms with E-state index in [1.165, 1.54) is 6.07 Å². The lowest BCUT2D eigenvalue weighted by atomic mass is 10.2. The largest absolute Gasteiger partial charge is 0.433 e. The Labute approximate surface area is 127 Å². The van der Waals surface area contributed by atoms with Gasteiger partial charge in [0.15, 0.2) is 0 Å². The molecule has 1 aromatic heterocycles. The van der Waals surface area contributed by atoms with Crippen LogP contribution in [0.3, 0.4) is 0 Å². The average Bonchev–Trinajstić information content (AvgIpc) is 2.42. The lowest BCUT2D eigenvalue weighted by molar-refractivity contribution is -0.141. The molecule has 0 aliphatic heterocycles. The van der Waals surface area contributed by atoms with E-state index in [2.05, 4.69) is 15.2 Å². The maximum Gasteiger partial charge on any atom is 0.433 e. The van der Waals surface area contributed by atoms with Crippen LogP contribution in [-0.4, -0.2) is 41.1 Å². The Morgan fingerprint density at radius 1 is 1.33 bits per heavy atom. The fourth-order valence-corrected chi connectivity index (χ4v) is 1.99. The van der Waals surface area contributed by atoms with Gasteiger partial charge in [-0.3, -0.25) is 0 Å². The molecule has 0 aromatic carbocycles. The van der Waals surface area contributed by atoms with Crippen LogP contribution >= 0.6 is 12.2 Å². The molecule has 0 aliphatic rings. The number of anilines is 1. The fourth-order valence-electron chi connectivity index (χ4n) is 1.82. The number of pyridine rings is 1. The lowest BCUT2D eigenvalue weighted by Gasteiger charge is -2.19. The van der Waals surface area contributed by atoms with Crippen LogP contribution in [0.25, 0.3) is 0 Å². The van der Waals surface area contributed by atoms with Crippen molar-refractivity contribution in [1.82, 2.24) is 9.88 Å². The Kier molecular flexibility index (Phi) is 6.35. The van der Waals surface area contributed by atoms with Crippen molar-refractivity contribution in [2.45, 2.75) is 20.0 Å². The zero-order valence-corrected chi connectivity index (χ0v) is 12.8. The molecule has 118 valence electrons. The van der Waals surface area contributed by atoms with Crippen molar-refractivity contribution in [3.8, 4) is 0 Å². The number of likely N-dealkylation sites (N-methyl/N-ethyl adjacent to an activating group) is 1. The molecule has 0 bridgehead atoms. The number of hydrogen-bond acceptors (Lipinski definition) is 4. The first-order chi connectivity index (χ1) is 9.79. The summed E-state index contributed by atoms with van der Waals surface area (Å²) >= 11 is 4.84. The molecule has 0 fully saturated rings. The predicted molar refractivity (Wildman–Crippen MR) is 81.4 cm³/mol. The molecule has 0 atom stereocenters. The molecule has 0 spiro atoms. The highest BCUT2D eigenvalue weighted by molar-refractivity contribution is 7.80. The Balaban J connectivity index is 2.89. The third-order valence-corrected chi connectivity index (χ3v) is 3.29. The topological polar surface area (TPSA) is 54.2 Å². The summed E-state index contributed by atoms with van der Waals surface area (Å²) in [5, 5.41) is 2.89. The van der Waals surface area contributed by atoms with Gasteiger partial charge in [0.25, 0.3) is 0 Å². The van der Waals surface area contributed by atoms with Crippen LogP contribution in [0.1, 0.15) is 25.1 Å². The van der Waals surface area contributed by atoms with E-state index in [0.717, 1.165) is 19.2 Å². The van der Waals surface area contributed by atoms with E-state index in [0.29, 0.717) is 18.7 Å². The fraction of sp³-hybridized carbons (Fsp3) is 0.538. The molecule has 1 aromatic rings.